The van der Waals surface area contributed by atoms with E-state index in [4.69, 9.17) is 19.4 Å². The van der Waals surface area contributed by atoms with Crippen LogP contribution in [-0.2, 0) is 0 Å². The van der Waals surface area contributed by atoms with Crippen molar-refractivity contribution >= 4 is 43.5 Å². The molecule has 0 amide bonds. The summed E-state index contributed by atoms with van der Waals surface area (Å²) in [6, 6.07) is 66.2. The molecule has 0 N–H and O–H groups in total. The van der Waals surface area contributed by atoms with Crippen molar-refractivity contribution in [2.24, 2.45) is 0 Å². The lowest BCUT2D eigenvalue weighted by atomic mass is 9.93. The summed E-state index contributed by atoms with van der Waals surface area (Å²) >= 11 is 0. The highest BCUT2D eigenvalue weighted by molar-refractivity contribution is 6.17. The Hall–Kier alpha value is -7.69. The summed E-state index contributed by atoms with van der Waals surface area (Å²) in [6.07, 6.45) is 0. The Morgan fingerprint density at radius 1 is 0.281 bits per heavy atom. The van der Waals surface area contributed by atoms with Crippen LogP contribution < -0.4 is 0 Å². The summed E-state index contributed by atoms with van der Waals surface area (Å²) in [4.78, 5) is 15.4. The summed E-state index contributed by atoms with van der Waals surface area (Å²) in [6.45, 7) is 0. The molecule has 0 bridgehead atoms. The summed E-state index contributed by atoms with van der Waals surface area (Å²) in [5, 5.41) is 7.00. The molecule has 1 aliphatic carbocycles. The number of hydrogen-bond donors (Lipinski definition) is 0. The molecule has 0 saturated heterocycles. The average molecular weight is 726 g/mol. The second-order valence-electron chi connectivity index (χ2n) is 14.7. The number of nitrogens with zero attached hydrogens (tertiary/aromatic N) is 3. The molecule has 2 aromatic heterocycles. The van der Waals surface area contributed by atoms with Crippen LogP contribution in [0.5, 0.6) is 0 Å². The standard InChI is InChI=1S/C53H31N3O/c1-2-12-33(13-3-1)51-54-52(34-28-26-32(27-29-34)36-30-35-14-8-21-42-38-15-4-5-16-41(38)46(31-36)49(35)42)56-53(55-51)44-23-10-18-37-39(19-9-20-40(37)44)43-22-11-25-48-50(43)45-17-6-7-24-47(45)57-48/h1-31H. The van der Waals surface area contributed by atoms with Gasteiger partial charge in [0.1, 0.15) is 11.2 Å². The molecular weight excluding hydrogens is 695 g/mol. The lowest BCUT2D eigenvalue weighted by molar-refractivity contribution is 0.669. The van der Waals surface area contributed by atoms with Gasteiger partial charge in [0.05, 0.1) is 0 Å². The van der Waals surface area contributed by atoms with Crippen LogP contribution >= 0.6 is 0 Å². The maximum atomic E-state index is 6.28. The van der Waals surface area contributed by atoms with Crippen LogP contribution in [0.15, 0.2) is 192 Å². The molecule has 1 aliphatic rings. The summed E-state index contributed by atoms with van der Waals surface area (Å²) in [5.41, 5.74) is 14.4. The maximum absolute atomic E-state index is 6.28. The summed E-state index contributed by atoms with van der Waals surface area (Å²) in [5.74, 6) is 1.89. The Kier molecular flexibility index (Phi) is 6.89. The molecule has 0 saturated carbocycles. The van der Waals surface area contributed by atoms with E-state index in [0.717, 1.165) is 66.1 Å². The number of aromatic nitrogens is 3. The average Bonchev–Trinajstić information content (AvgIpc) is 3.83. The van der Waals surface area contributed by atoms with Crippen molar-refractivity contribution in [1.82, 2.24) is 15.0 Å². The molecule has 0 radical (unpaired) electrons. The molecule has 0 unspecified atom stereocenters. The second-order valence-corrected chi connectivity index (χ2v) is 14.7. The van der Waals surface area contributed by atoms with Crippen LogP contribution in [0.3, 0.4) is 0 Å². The van der Waals surface area contributed by atoms with Gasteiger partial charge in [-0.3, -0.25) is 0 Å². The molecule has 0 aliphatic heterocycles. The van der Waals surface area contributed by atoms with E-state index in [1.807, 2.05) is 36.4 Å². The van der Waals surface area contributed by atoms with Crippen molar-refractivity contribution in [2.45, 2.75) is 0 Å². The van der Waals surface area contributed by atoms with Gasteiger partial charge < -0.3 is 4.42 Å². The van der Waals surface area contributed by atoms with Crippen molar-refractivity contribution in [3.05, 3.63) is 188 Å². The van der Waals surface area contributed by atoms with E-state index in [1.54, 1.807) is 0 Å². The zero-order valence-corrected chi connectivity index (χ0v) is 30.6. The first kappa shape index (κ1) is 31.6. The van der Waals surface area contributed by atoms with E-state index in [1.165, 1.54) is 38.6 Å². The highest BCUT2D eigenvalue weighted by Crippen LogP contribution is 2.48. The number of para-hydroxylation sites is 1. The third kappa shape index (κ3) is 4.98. The molecule has 57 heavy (non-hydrogen) atoms. The zero-order valence-electron chi connectivity index (χ0n) is 30.6. The molecule has 4 heteroatoms. The summed E-state index contributed by atoms with van der Waals surface area (Å²) < 4.78 is 6.28. The van der Waals surface area contributed by atoms with Gasteiger partial charge in [0.2, 0.25) is 0 Å². The minimum atomic E-state index is 0.629. The molecule has 0 spiro atoms. The molecule has 9 aromatic carbocycles. The molecule has 4 nitrogen and oxygen atoms in total. The van der Waals surface area contributed by atoms with E-state index >= 15 is 0 Å². The van der Waals surface area contributed by atoms with E-state index in [2.05, 4.69) is 152 Å². The molecule has 264 valence electrons. The topological polar surface area (TPSA) is 51.8 Å². The molecule has 0 fully saturated rings. The molecule has 2 heterocycles. The van der Waals surface area contributed by atoms with Gasteiger partial charge >= 0.3 is 0 Å². The Bertz CT molecular complexity index is 3400. The van der Waals surface area contributed by atoms with Crippen LogP contribution in [0, 0.1) is 0 Å². The van der Waals surface area contributed by atoms with Crippen LogP contribution in [0.4, 0.5) is 0 Å². The Balaban J connectivity index is 0.990. The number of rotatable bonds is 5. The van der Waals surface area contributed by atoms with Crippen molar-refractivity contribution in [3.63, 3.8) is 0 Å². The quantitative estimate of drug-likeness (QED) is 0.177. The second kappa shape index (κ2) is 12.4. The monoisotopic (exact) mass is 725 g/mol. The largest absolute Gasteiger partial charge is 0.456 e. The third-order valence-electron chi connectivity index (χ3n) is 11.5. The molecule has 0 atom stereocenters. The predicted octanol–water partition coefficient (Wildman–Crippen LogP) is 14.1. The number of furan rings is 1. The fraction of sp³-hybridized carbons (Fsp3) is 0. The van der Waals surface area contributed by atoms with Crippen molar-refractivity contribution in [3.8, 4) is 78.7 Å². The third-order valence-corrected chi connectivity index (χ3v) is 11.5. The molecule has 11 aromatic rings. The first-order valence-electron chi connectivity index (χ1n) is 19.3. The fourth-order valence-electron chi connectivity index (χ4n) is 8.88. The maximum Gasteiger partial charge on any atom is 0.164 e. The Morgan fingerprint density at radius 2 is 0.807 bits per heavy atom. The van der Waals surface area contributed by atoms with Gasteiger partial charge in [-0.1, -0.05) is 164 Å². The van der Waals surface area contributed by atoms with Gasteiger partial charge in [-0.05, 0) is 90.3 Å². The zero-order chi connectivity index (χ0) is 37.5. The van der Waals surface area contributed by atoms with Gasteiger partial charge in [-0.25, -0.2) is 15.0 Å². The van der Waals surface area contributed by atoms with Crippen molar-refractivity contribution in [1.29, 1.82) is 0 Å². The highest BCUT2D eigenvalue weighted by atomic mass is 16.3. The van der Waals surface area contributed by atoms with E-state index in [0.29, 0.717) is 17.5 Å². The van der Waals surface area contributed by atoms with Gasteiger partial charge in [-0.2, -0.15) is 0 Å². The summed E-state index contributed by atoms with van der Waals surface area (Å²) in [7, 11) is 0. The van der Waals surface area contributed by atoms with E-state index < -0.39 is 0 Å². The number of fused-ring (bicyclic) bond motifs is 7. The van der Waals surface area contributed by atoms with E-state index in [-0.39, 0.29) is 0 Å². The van der Waals surface area contributed by atoms with E-state index in [9.17, 15) is 0 Å². The Morgan fingerprint density at radius 3 is 1.61 bits per heavy atom. The smallest absolute Gasteiger partial charge is 0.164 e. The predicted molar refractivity (Wildman–Crippen MR) is 234 cm³/mol. The van der Waals surface area contributed by atoms with Crippen molar-refractivity contribution in [2.75, 3.05) is 0 Å². The minimum Gasteiger partial charge on any atom is -0.456 e. The first-order valence-corrected chi connectivity index (χ1v) is 19.3. The fourth-order valence-corrected chi connectivity index (χ4v) is 8.88. The van der Waals surface area contributed by atoms with Crippen molar-refractivity contribution < 1.29 is 4.42 Å². The van der Waals surface area contributed by atoms with Gasteiger partial charge in [0, 0.05) is 27.5 Å². The molecular formula is C53H31N3O. The van der Waals surface area contributed by atoms with Crippen LogP contribution in [0.25, 0.3) is 122 Å². The highest BCUT2D eigenvalue weighted by Gasteiger charge is 2.22. The van der Waals surface area contributed by atoms with Crippen LogP contribution in [0.1, 0.15) is 0 Å². The SMILES string of the molecule is c1ccc(-c2nc(-c3ccc(-c4cc5c6c(cccc6c4)-c4ccccc4-5)cc3)nc(-c3cccc4c(-c5cccc6oc7ccccc7c56)cccc34)n2)cc1. The lowest BCUT2D eigenvalue weighted by Crippen LogP contribution is -2.00. The lowest BCUT2D eigenvalue weighted by Gasteiger charge is -2.13. The van der Waals surface area contributed by atoms with Gasteiger partial charge in [0.15, 0.2) is 17.5 Å². The first-order chi connectivity index (χ1) is 28.2. The normalized spacial score (nSPS) is 11.9. The van der Waals surface area contributed by atoms with Crippen LogP contribution in [-0.4, -0.2) is 15.0 Å². The van der Waals surface area contributed by atoms with Gasteiger partial charge in [-0.15, -0.1) is 0 Å². The van der Waals surface area contributed by atoms with Gasteiger partial charge in [0.25, 0.3) is 0 Å². The Labute approximate surface area is 328 Å². The molecule has 12 rings (SSSR count). The van der Waals surface area contributed by atoms with Crippen LogP contribution in [0.2, 0.25) is 0 Å². The number of benzene rings is 9. The number of hydrogen-bond acceptors (Lipinski definition) is 4. The minimum absolute atomic E-state index is 0.629.